The van der Waals surface area contributed by atoms with Crippen LogP contribution in [0.4, 0.5) is 5.82 Å². The Morgan fingerprint density at radius 1 is 1.21 bits per heavy atom. The second kappa shape index (κ2) is 6.79. The highest BCUT2D eigenvalue weighted by molar-refractivity contribution is 5.56. The molecule has 2 aromatic rings. The van der Waals surface area contributed by atoms with Gasteiger partial charge in [-0.15, -0.1) is 0 Å². The van der Waals surface area contributed by atoms with Crippen molar-refractivity contribution in [2.24, 2.45) is 0 Å². The number of ether oxygens (including phenoxy) is 2. The molecule has 0 unspecified atom stereocenters. The zero-order valence-corrected chi connectivity index (χ0v) is 14.2. The highest BCUT2D eigenvalue weighted by Gasteiger charge is 2.31. The Balaban J connectivity index is 1.68. The van der Waals surface area contributed by atoms with Crippen LogP contribution < -0.4 is 14.4 Å². The summed E-state index contributed by atoms with van der Waals surface area (Å²) in [5.41, 5.74) is 1.61. The van der Waals surface area contributed by atoms with Gasteiger partial charge in [0.1, 0.15) is 29.5 Å². The number of hydrogen-bond donors (Lipinski definition) is 0. The van der Waals surface area contributed by atoms with E-state index >= 15 is 0 Å². The van der Waals surface area contributed by atoms with Gasteiger partial charge in [0, 0.05) is 11.8 Å². The molecular formula is C19H21N3O2. The largest absolute Gasteiger partial charge is 0.497 e. The van der Waals surface area contributed by atoms with E-state index in [4.69, 9.17) is 9.47 Å². The van der Waals surface area contributed by atoms with E-state index in [1.54, 1.807) is 7.11 Å². The highest BCUT2D eigenvalue weighted by Crippen LogP contribution is 2.28. The first-order valence-corrected chi connectivity index (χ1v) is 8.07. The van der Waals surface area contributed by atoms with Crippen molar-refractivity contribution in [2.45, 2.75) is 25.9 Å². The number of methoxy groups -OCH3 is 1. The Bertz CT molecular complexity index is 761. The maximum absolute atomic E-state index is 9.31. The fourth-order valence-corrected chi connectivity index (χ4v) is 2.67. The predicted octanol–water partition coefficient (Wildman–Crippen LogP) is 3.35. The third kappa shape index (κ3) is 3.28. The molecule has 0 saturated carbocycles. The third-order valence-electron chi connectivity index (χ3n) is 4.10. The van der Waals surface area contributed by atoms with Gasteiger partial charge in [-0.05, 0) is 30.2 Å². The predicted molar refractivity (Wildman–Crippen MR) is 92.7 cm³/mol. The maximum Gasteiger partial charge on any atom is 0.147 e. The number of anilines is 1. The molecule has 24 heavy (non-hydrogen) atoms. The van der Waals surface area contributed by atoms with Crippen LogP contribution in [0.5, 0.6) is 11.5 Å². The molecule has 124 valence electrons. The van der Waals surface area contributed by atoms with Crippen molar-refractivity contribution < 1.29 is 9.47 Å². The Hall–Kier alpha value is -2.74. The molecule has 1 saturated heterocycles. The van der Waals surface area contributed by atoms with Crippen molar-refractivity contribution in [3.63, 3.8) is 0 Å². The second-order valence-electron chi connectivity index (χ2n) is 6.20. The molecule has 1 aromatic carbocycles. The zero-order chi connectivity index (χ0) is 17.1. The lowest BCUT2D eigenvalue weighted by atomic mass is 10.1. The third-order valence-corrected chi connectivity index (χ3v) is 4.10. The minimum absolute atomic E-state index is 0.0909. The summed E-state index contributed by atoms with van der Waals surface area (Å²) in [6.07, 6.45) is 0.0909. The number of aromatic nitrogens is 1. The van der Waals surface area contributed by atoms with Crippen molar-refractivity contribution in [3.8, 4) is 17.6 Å². The van der Waals surface area contributed by atoms with Crippen LogP contribution in [0.1, 0.15) is 31.0 Å². The fourth-order valence-electron chi connectivity index (χ4n) is 2.67. The number of nitriles is 1. The second-order valence-corrected chi connectivity index (χ2v) is 6.20. The van der Waals surface area contributed by atoms with Crippen molar-refractivity contribution in [3.05, 3.63) is 47.7 Å². The summed E-state index contributed by atoms with van der Waals surface area (Å²) in [6.45, 7) is 5.65. The molecule has 0 bridgehead atoms. The summed E-state index contributed by atoms with van der Waals surface area (Å²) in [5, 5.41) is 9.31. The van der Waals surface area contributed by atoms with Gasteiger partial charge in [-0.2, -0.15) is 5.26 Å². The van der Waals surface area contributed by atoms with Gasteiger partial charge >= 0.3 is 0 Å². The van der Waals surface area contributed by atoms with E-state index in [-0.39, 0.29) is 6.10 Å². The summed E-state index contributed by atoms with van der Waals surface area (Å²) in [5.74, 6) is 2.67. The van der Waals surface area contributed by atoms with Crippen LogP contribution in [0.3, 0.4) is 0 Å². The van der Waals surface area contributed by atoms with Crippen LogP contribution in [0.25, 0.3) is 0 Å². The Morgan fingerprint density at radius 2 is 1.96 bits per heavy atom. The number of hydrogen-bond acceptors (Lipinski definition) is 5. The lowest BCUT2D eigenvalue weighted by Crippen LogP contribution is -2.54. The zero-order valence-electron chi connectivity index (χ0n) is 14.2. The van der Waals surface area contributed by atoms with Gasteiger partial charge in [-0.25, -0.2) is 4.98 Å². The van der Waals surface area contributed by atoms with Crippen molar-refractivity contribution >= 4 is 5.82 Å². The van der Waals surface area contributed by atoms with Gasteiger partial charge in [0.25, 0.3) is 0 Å². The molecule has 5 nitrogen and oxygen atoms in total. The molecule has 0 amide bonds. The van der Waals surface area contributed by atoms with Gasteiger partial charge in [0.05, 0.1) is 25.8 Å². The first-order valence-electron chi connectivity index (χ1n) is 8.07. The van der Waals surface area contributed by atoms with E-state index < -0.39 is 0 Å². The molecule has 5 heteroatoms. The topological polar surface area (TPSA) is 58.4 Å². The van der Waals surface area contributed by atoms with Crippen LogP contribution >= 0.6 is 0 Å². The van der Waals surface area contributed by atoms with Crippen molar-refractivity contribution in [1.82, 2.24) is 4.98 Å². The molecule has 0 radical (unpaired) electrons. The number of pyridine rings is 1. The monoisotopic (exact) mass is 323 g/mol. The van der Waals surface area contributed by atoms with Gasteiger partial charge in [0.15, 0.2) is 0 Å². The fraction of sp³-hybridized carbons (Fsp3) is 0.368. The molecule has 0 spiro atoms. The minimum atomic E-state index is 0.0909. The Kier molecular flexibility index (Phi) is 4.57. The average molecular weight is 323 g/mol. The molecule has 3 rings (SSSR count). The standard InChI is InChI=1S/C19H21N3O2/c1-13(2)18-8-7-14(10-20)19(21-18)22-11-17(12-22)24-16-6-4-5-15(9-16)23-3/h4-9,13,17H,11-12H2,1-3H3. The quantitative estimate of drug-likeness (QED) is 0.844. The van der Waals surface area contributed by atoms with Gasteiger partial charge in [-0.1, -0.05) is 19.9 Å². The molecule has 0 N–H and O–H groups in total. The first-order chi connectivity index (χ1) is 11.6. The van der Waals surface area contributed by atoms with Crippen LogP contribution in [0.2, 0.25) is 0 Å². The van der Waals surface area contributed by atoms with E-state index in [0.29, 0.717) is 11.5 Å². The number of benzene rings is 1. The van der Waals surface area contributed by atoms with E-state index in [0.717, 1.165) is 36.1 Å². The summed E-state index contributed by atoms with van der Waals surface area (Å²) < 4.78 is 11.2. The van der Waals surface area contributed by atoms with Crippen molar-refractivity contribution in [2.75, 3.05) is 25.1 Å². The van der Waals surface area contributed by atoms with E-state index in [1.807, 2.05) is 36.4 Å². The lowest BCUT2D eigenvalue weighted by Gasteiger charge is -2.40. The normalized spacial score (nSPS) is 14.2. The molecule has 0 aliphatic carbocycles. The highest BCUT2D eigenvalue weighted by atomic mass is 16.5. The Labute approximate surface area is 142 Å². The van der Waals surface area contributed by atoms with Crippen LogP contribution in [-0.4, -0.2) is 31.3 Å². The van der Waals surface area contributed by atoms with Crippen LogP contribution in [0.15, 0.2) is 36.4 Å². The number of rotatable bonds is 5. The van der Waals surface area contributed by atoms with Crippen LogP contribution in [0, 0.1) is 11.3 Å². The van der Waals surface area contributed by atoms with E-state index in [9.17, 15) is 5.26 Å². The Morgan fingerprint density at radius 3 is 2.62 bits per heavy atom. The van der Waals surface area contributed by atoms with Gasteiger partial charge in [0.2, 0.25) is 0 Å². The van der Waals surface area contributed by atoms with Gasteiger partial charge < -0.3 is 14.4 Å². The average Bonchev–Trinajstić information content (AvgIpc) is 2.57. The molecule has 1 aliphatic heterocycles. The summed E-state index contributed by atoms with van der Waals surface area (Å²) >= 11 is 0. The molecular weight excluding hydrogens is 302 g/mol. The molecule has 2 heterocycles. The minimum Gasteiger partial charge on any atom is -0.497 e. The summed E-state index contributed by atoms with van der Waals surface area (Å²) in [7, 11) is 1.64. The first kappa shape index (κ1) is 16.1. The summed E-state index contributed by atoms with van der Waals surface area (Å²) in [6, 6.07) is 13.6. The van der Waals surface area contributed by atoms with Crippen LogP contribution in [-0.2, 0) is 0 Å². The maximum atomic E-state index is 9.31. The van der Waals surface area contributed by atoms with E-state index in [1.165, 1.54) is 0 Å². The molecule has 0 atom stereocenters. The number of nitrogens with zero attached hydrogens (tertiary/aromatic N) is 3. The SMILES string of the molecule is COc1cccc(OC2CN(c3nc(C(C)C)ccc3C#N)C2)c1. The molecule has 1 aliphatic rings. The lowest BCUT2D eigenvalue weighted by molar-refractivity contribution is 0.166. The van der Waals surface area contributed by atoms with E-state index in [2.05, 4.69) is 29.8 Å². The van der Waals surface area contributed by atoms with Gasteiger partial charge in [-0.3, -0.25) is 0 Å². The molecule has 1 aromatic heterocycles. The smallest absolute Gasteiger partial charge is 0.147 e. The summed E-state index contributed by atoms with van der Waals surface area (Å²) in [4.78, 5) is 6.75. The van der Waals surface area contributed by atoms with Crippen molar-refractivity contribution in [1.29, 1.82) is 5.26 Å². The molecule has 1 fully saturated rings.